The van der Waals surface area contributed by atoms with Crippen LogP contribution in [0.5, 0.6) is 0 Å². The maximum atomic E-state index is 10.5. The fourth-order valence-electron chi connectivity index (χ4n) is 2.37. The highest BCUT2D eigenvalue weighted by Crippen LogP contribution is 2.09. The summed E-state index contributed by atoms with van der Waals surface area (Å²) in [5, 5.41) is 0. The third-order valence-corrected chi connectivity index (χ3v) is 3.85. The van der Waals surface area contributed by atoms with Gasteiger partial charge in [0.2, 0.25) is 5.91 Å². The third kappa shape index (κ3) is 29.2. The number of allylic oxidation sites excluding steroid dienone is 2. The maximum absolute atomic E-state index is 10.5. The van der Waals surface area contributed by atoms with E-state index < -0.39 is 0 Å². The molecule has 0 aromatic carbocycles. The van der Waals surface area contributed by atoms with Crippen LogP contribution in [0.25, 0.3) is 0 Å². The molecule has 144 valence electrons. The van der Waals surface area contributed by atoms with Gasteiger partial charge in [0.15, 0.2) is 0 Å². The fourth-order valence-corrected chi connectivity index (χ4v) is 2.37. The van der Waals surface area contributed by atoms with Crippen molar-refractivity contribution in [1.29, 1.82) is 0 Å². The van der Waals surface area contributed by atoms with E-state index in [-0.39, 0.29) is 5.91 Å². The Balaban J connectivity index is 0. The fraction of sp³-hybridized carbons (Fsp3) is 0.850. The molecule has 0 radical (unpaired) electrons. The minimum atomic E-state index is -0.164. The van der Waals surface area contributed by atoms with Gasteiger partial charge in [0, 0.05) is 19.5 Å². The second-order valence-electron chi connectivity index (χ2n) is 6.38. The van der Waals surface area contributed by atoms with E-state index in [2.05, 4.69) is 19.1 Å². The van der Waals surface area contributed by atoms with Crippen LogP contribution < -0.4 is 17.2 Å². The van der Waals surface area contributed by atoms with Gasteiger partial charge < -0.3 is 17.2 Å². The van der Waals surface area contributed by atoms with Crippen molar-refractivity contribution in [2.24, 2.45) is 17.2 Å². The predicted octanol–water partition coefficient (Wildman–Crippen LogP) is 4.41. The van der Waals surface area contributed by atoms with E-state index >= 15 is 0 Å². The predicted molar refractivity (Wildman–Crippen MR) is 107 cm³/mol. The zero-order valence-corrected chi connectivity index (χ0v) is 16.1. The number of hydrogen-bond acceptors (Lipinski definition) is 3. The van der Waals surface area contributed by atoms with Gasteiger partial charge in [-0.05, 0) is 32.1 Å². The number of primary amides is 1. The Morgan fingerprint density at radius 3 is 1.54 bits per heavy atom. The van der Waals surface area contributed by atoms with Crippen molar-refractivity contribution in [3.63, 3.8) is 0 Å². The molecule has 0 aromatic heterocycles. The van der Waals surface area contributed by atoms with E-state index in [1.165, 1.54) is 70.6 Å². The molecule has 0 saturated carbocycles. The monoisotopic (exact) mass is 341 g/mol. The Kier molecular flexibility index (Phi) is 25.8. The first-order valence-electron chi connectivity index (χ1n) is 10.0. The average Bonchev–Trinajstić information content (AvgIpc) is 2.58. The summed E-state index contributed by atoms with van der Waals surface area (Å²) in [6, 6.07) is 0. The molecule has 0 fully saturated rings. The lowest BCUT2D eigenvalue weighted by Gasteiger charge is -1.99. The summed E-state index contributed by atoms with van der Waals surface area (Å²) in [6.07, 6.45) is 21.9. The van der Waals surface area contributed by atoms with Crippen molar-refractivity contribution in [1.82, 2.24) is 0 Å². The number of nitrogens with two attached hydrogens (primary N) is 3. The molecule has 1 amide bonds. The summed E-state index contributed by atoms with van der Waals surface area (Å²) in [6.45, 7) is 3.46. The van der Waals surface area contributed by atoms with Gasteiger partial charge in [-0.15, -0.1) is 0 Å². The number of hydrogen-bond donors (Lipinski definition) is 3. The van der Waals surface area contributed by atoms with E-state index in [1.807, 2.05) is 0 Å². The number of amides is 1. The number of carbonyl (C=O) groups is 1. The van der Waals surface area contributed by atoms with Crippen LogP contribution in [0.3, 0.4) is 0 Å². The molecule has 0 aliphatic carbocycles. The van der Waals surface area contributed by atoms with Gasteiger partial charge in [0.1, 0.15) is 0 Å². The van der Waals surface area contributed by atoms with Crippen molar-refractivity contribution in [3.8, 4) is 0 Å². The summed E-state index contributed by atoms with van der Waals surface area (Å²) in [4.78, 5) is 10.5. The Morgan fingerprint density at radius 2 is 1.12 bits per heavy atom. The van der Waals surface area contributed by atoms with E-state index in [1.54, 1.807) is 0 Å². The lowest BCUT2D eigenvalue weighted by molar-refractivity contribution is -0.118. The summed E-state index contributed by atoms with van der Waals surface area (Å²) in [5.74, 6) is -0.164. The number of carbonyl (C=O) groups excluding carboxylic acids is 1. The first kappa shape index (κ1) is 25.4. The molecule has 0 heterocycles. The lowest BCUT2D eigenvalue weighted by Crippen LogP contribution is -2.11. The zero-order valence-electron chi connectivity index (χ0n) is 16.1. The zero-order chi connectivity index (χ0) is 18.3. The van der Waals surface area contributed by atoms with Gasteiger partial charge in [0.25, 0.3) is 0 Å². The minimum Gasteiger partial charge on any atom is -0.370 e. The van der Waals surface area contributed by atoms with E-state index in [4.69, 9.17) is 17.2 Å². The smallest absolute Gasteiger partial charge is 0.217 e. The van der Waals surface area contributed by atoms with Gasteiger partial charge in [-0.1, -0.05) is 70.4 Å². The topological polar surface area (TPSA) is 95.1 Å². The van der Waals surface area contributed by atoms with Gasteiger partial charge >= 0.3 is 0 Å². The molecule has 4 heteroatoms. The quantitative estimate of drug-likeness (QED) is 0.286. The van der Waals surface area contributed by atoms with Crippen LogP contribution in [0.1, 0.15) is 96.8 Å². The van der Waals surface area contributed by atoms with Gasteiger partial charge in [-0.25, -0.2) is 0 Å². The number of unbranched alkanes of at least 4 members (excludes halogenated alkanes) is 11. The van der Waals surface area contributed by atoms with E-state index in [0.717, 1.165) is 12.8 Å². The molecule has 0 aliphatic heterocycles. The van der Waals surface area contributed by atoms with Crippen molar-refractivity contribution < 1.29 is 4.79 Å². The van der Waals surface area contributed by atoms with Gasteiger partial charge in [-0.2, -0.15) is 0 Å². The summed E-state index contributed by atoms with van der Waals surface area (Å²) >= 11 is 0. The van der Waals surface area contributed by atoms with Crippen molar-refractivity contribution >= 4 is 5.91 Å². The SMILES string of the molecule is CCCCCCCC/C=C\CCCCCCCC(N)=O.NCCN. The molecule has 0 bridgehead atoms. The second-order valence-corrected chi connectivity index (χ2v) is 6.38. The standard InChI is InChI=1S/C18H35NO.C2H8N2/c1-2-3-4-5-6-7-8-9-10-11-12-13-14-15-16-17-18(19)20;3-1-2-4/h9-10H,2-8,11-17H2,1H3,(H2,19,20);1-4H2/b10-9-;. The average molecular weight is 342 g/mol. The molecule has 0 spiro atoms. The molecular weight excluding hydrogens is 298 g/mol. The molecule has 0 aromatic rings. The first-order valence-corrected chi connectivity index (χ1v) is 10.0. The third-order valence-electron chi connectivity index (χ3n) is 3.85. The van der Waals surface area contributed by atoms with Crippen molar-refractivity contribution in [3.05, 3.63) is 12.2 Å². The van der Waals surface area contributed by atoms with Gasteiger partial charge in [0.05, 0.1) is 0 Å². The largest absolute Gasteiger partial charge is 0.370 e. The molecule has 0 aliphatic rings. The summed E-state index contributed by atoms with van der Waals surface area (Å²) < 4.78 is 0. The Labute approximate surface area is 150 Å². The molecule has 0 unspecified atom stereocenters. The highest BCUT2D eigenvalue weighted by molar-refractivity contribution is 5.73. The van der Waals surface area contributed by atoms with Crippen LogP contribution in [-0.2, 0) is 4.79 Å². The van der Waals surface area contributed by atoms with Crippen LogP contribution in [-0.4, -0.2) is 19.0 Å². The molecule has 4 nitrogen and oxygen atoms in total. The maximum Gasteiger partial charge on any atom is 0.217 e. The lowest BCUT2D eigenvalue weighted by atomic mass is 10.1. The Morgan fingerprint density at radius 1 is 0.708 bits per heavy atom. The summed E-state index contributed by atoms with van der Waals surface area (Å²) in [7, 11) is 0. The molecule has 0 rings (SSSR count). The van der Waals surface area contributed by atoms with Crippen molar-refractivity contribution in [2.75, 3.05) is 13.1 Å². The van der Waals surface area contributed by atoms with Crippen LogP contribution in [0.15, 0.2) is 12.2 Å². The molecule has 0 atom stereocenters. The highest BCUT2D eigenvalue weighted by Gasteiger charge is 1.94. The number of rotatable bonds is 16. The Bertz CT molecular complexity index is 266. The second kappa shape index (κ2) is 24.4. The minimum absolute atomic E-state index is 0.164. The van der Waals surface area contributed by atoms with Gasteiger partial charge in [-0.3, -0.25) is 4.79 Å². The normalized spacial score (nSPS) is 10.6. The molecule has 6 N–H and O–H groups in total. The molecule has 0 saturated heterocycles. The molecule has 24 heavy (non-hydrogen) atoms. The van der Waals surface area contributed by atoms with E-state index in [9.17, 15) is 4.79 Å². The summed E-state index contributed by atoms with van der Waals surface area (Å²) in [5.41, 5.74) is 14.9. The Hall–Kier alpha value is -0.870. The first-order chi connectivity index (χ1) is 11.7. The van der Waals surface area contributed by atoms with Crippen LogP contribution in [0.2, 0.25) is 0 Å². The van der Waals surface area contributed by atoms with E-state index in [0.29, 0.717) is 19.5 Å². The van der Waals surface area contributed by atoms with Crippen LogP contribution in [0.4, 0.5) is 0 Å². The van der Waals surface area contributed by atoms with Crippen LogP contribution in [0, 0.1) is 0 Å². The van der Waals surface area contributed by atoms with Crippen molar-refractivity contribution in [2.45, 2.75) is 96.8 Å². The molecular formula is C20H43N3O. The van der Waals surface area contributed by atoms with Crippen LogP contribution >= 0.6 is 0 Å². The highest BCUT2D eigenvalue weighted by atomic mass is 16.1.